The molecule has 0 aromatic carbocycles. The third-order valence-electron chi connectivity index (χ3n) is 11.3. The molecule has 0 aromatic rings. The summed E-state index contributed by atoms with van der Waals surface area (Å²) in [5.41, 5.74) is 0. The summed E-state index contributed by atoms with van der Waals surface area (Å²) >= 11 is 0. The molecule has 1 unspecified atom stereocenters. The molecule has 1 atom stereocenters. The van der Waals surface area contributed by atoms with Gasteiger partial charge in [0.15, 0.2) is 6.10 Å². The summed E-state index contributed by atoms with van der Waals surface area (Å²) in [5, 5.41) is 0. The summed E-state index contributed by atoms with van der Waals surface area (Å²) in [6.45, 7) is 7.86. The minimum absolute atomic E-state index is 0.0919. The average molecular weight is 791 g/mol. The maximum Gasteiger partial charge on any atom is 0.306 e. The molecule has 0 aliphatic rings. The lowest BCUT2D eigenvalue weighted by molar-refractivity contribution is -0.163. The maximum atomic E-state index is 12.7. The van der Waals surface area contributed by atoms with Crippen LogP contribution in [-0.4, -0.2) is 37.9 Å². The first-order chi connectivity index (χ1) is 27.6. The minimum atomic E-state index is -0.528. The van der Waals surface area contributed by atoms with Crippen molar-refractivity contribution in [2.45, 2.75) is 284 Å². The molecule has 0 aliphatic heterocycles. The summed E-state index contributed by atoms with van der Waals surface area (Å²) < 4.78 is 17.4. The van der Waals surface area contributed by atoms with Crippen LogP contribution in [0.5, 0.6) is 0 Å². The van der Waals surface area contributed by atoms with Gasteiger partial charge in [0.1, 0.15) is 6.61 Å². The van der Waals surface area contributed by atoms with E-state index >= 15 is 0 Å². The standard InChI is InChI=1S/C51H98O5/c1-4-7-10-13-16-19-22-24-25-26-28-31-34-37-40-43-46-54-47-49(56-51(53)45-42-39-36-33-29-21-18-15-12-9-6-3)48-55-50(52)44-41-38-35-32-30-27-23-20-17-14-11-8-5-2/h24-25,49H,4-23,26-48H2,1-3H3/b25-24-. The molecule has 56 heavy (non-hydrogen) atoms. The number of allylic oxidation sites excluding steroid dienone is 2. The number of hydrogen-bond donors (Lipinski definition) is 0. The normalized spacial score (nSPS) is 12.1. The van der Waals surface area contributed by atoms with Crippen molar-refractivity contribution in [1.82, 2.24) is 0 Å². The van der Waals surface area contributed by atoms with Crippen molar-refractivity contribution in [3.8, 4) is 0 Å². The number of rotatable bonds is 47. The van der Waals surface area contributed by atoms with Crippen molar-refractivity contribution >= 4 is 11.9 Å². The summed E-state index contributed by atoms with van der Waals surface area (Å²) in [6, 6.07) is 0. The first-order valence-electron chi connectivity index (χ1n) is 25.2. The molecule has 0 bridgehead atoms. The second kappa shape index (κ2) is 48.0. The van der Waals surface area contributed by atoms with E-state index < -0.39 is 6.10 Å². The summed E-state index contributed by atoms with van der Waals surface area (Å²) in [4.78, 5) is 25.3. The van der Waals surface area contributed by atoms with Crippen molar-refractivity contribution in [2.75, 3.05) is 19.8 Å². The van der Waals surface area contributed by atoms with Gasteiger partial charge >= 0.3 is 11.9 Å². The number of esters is 2. The second-order valence-corrected chi connectivity index (χ2v) is 17.1. The Labute approximate surface area is 350 Å². The highest BCUT2D eigenvalue weighted by Crippen LogP contribution is 2.15. The second-order valence-electron chi connectivity index (χ2n) is 17.1. The Hall–Kier alpha value is -1.36. The monoisotopic (exact) mass is 791 g/mol. The van der Waals surface area contributed by atoms with Crippen molar-refractivity contribution in [1.29, 1.82) is 0 Å². The largest absolute Gasteiger partial charge is 0.462 e. The van der Waals surface area contributed by atoms with Crippen LogP contribution in [0.4, 0.5) is 0 Å². The fraction of sp³-hybridized carbons (Fsp3) is 0.922. The van der Waals surface area contributed by atoms with Gasteiger partial charge in [-0.1, -0.05) is 232 Å². The van der Waals surface area contributed by atoms with E-state index in [1.165, 1.54) is 205 Å². The van der Waals surface area contributed by atoms with Gasteiger partial charge in [0.2, 0.25) is 0 Å². The number of carbonyl (C=O) groups excluding carboxylic acids is 2. The lowest BCUT2D eigenvalue weighted by Gasteiger charge is -2.18. The summed E-state index contributed by atoms with van der Waals surface area (Å²) in [7, 11) is 0. The Morgan fingerprint density at radius 2 is 0.696 bits per heavy atom. The van der Waals surface area contributed by atoms with E-state index in [2.05, 4.69) is 32.9 Å². The van der Waals surface area contributed by atoms with Gasteiger partial charge in [0, 0.05) is 19.4 Å². The Bertz CT molecular complexity index is 810. The van der Waals surface area contributed by atoms with Gasteiger partial charge in [-0.3, -0.25) is 9.59 Å². The molecule has 5 heteroatoms. The first-order valence-corrected chi connectivity index (χ1v) is 25.2. The average Bonchev–Trinajstić information content (AvgIpc) is 3.20. The van der Waals surface area contributed by atoms with Crippen LogP contribution in [0.1, 0.15) is 278 Å². The van der Waals surface area contributed by atoms with Gasteiger partial charge in [0.25, 0.3) is 0 Å². The molecule has 332 valence electrons. The van der Waals surface area contributed by atoms with Crippen LogP contribution < -0.4 is 0 Å². The first kappa shape index (κ1) is 54.6. The van der Waals surface area contributed by atoms with Crippen molar-refractivity contribution in [3.05, 3.63) is 12.2 Å². The van der Waals surface area contributed by atoms with Crippen LogP contribution >= 0.6 is 0 Å². The number of carbonyl (C=O) groups is 2. The van der Waals surface area contributed by atoms with Crippen molar-refractivity contribution < 1.29 is 23.8 Å². The van der Waals surface area contributed by atoms with E-state index in [-0.39, 0.29) is 18.5 Å². The molecule has 0 fully saturated rings. The minimum Gasteiger partial charge on any atom is -0.462 e. The van der Waals surface area contributed by atoms with Gasteiger partial charge in [-0.05, 0) is 44.9 Å². The highest BCUT2D eigenvalue weighted by Gasteiger charge is 2.17. The van der Waals surface area contributed by atoms with Gasteiger partial charge in [-0.25, -0.2) is 0 Å². The van der Waals surface area contributed by atoms with E-state index in [1.54, 1.807) is 0 Å². The molecule has 0 saturated carbocycles. The molecule has 0 rings (SSSR count). The highest BCUT2D eigenvalue weighted by molar-refractivity contribution is 5.70. The molecule has 0 amide bonds. The highest BCUT2D eigenvalue weighted by atomic mass is 16.6. The lowest BCUT2D eigenvalue weighted by atomic mass is 10.0. The molecule has 0 aromatic heterocycles. The van der Waals surface area contributed by atoms with Crippen LogP contribution in [0.15, 0.2) is 12.2 Å². The topological polar surface area (TPSA) is 61.8 Å². The number of ether oxygens (including phenoxy) is 3. The van der Waals surface area contributed by atoms with E-state index in [0.717, 1.165) is 38.5 Å². The molecule has 0 aliphatic carbocycles. The zero-order chi connectivity index (χ0) is 40.7. The van der Waals surface area contributed by atoms with E-state index in [9.17, 15) is 9.59 Å². The quantitative estimate of drug-likeness (QED) is 0.0349. The van der Waals surface area contributed by atoms with Crippen LogP contribution in [-0.2, 0) is 23.8 Å². The fourth-order valence-electron chi connectivity index (χ4n) is 7.51. The molecule has 0 heterocycles. The third-order valence-corrected chi connectivity index (χ3v) is 11.3. The smallest absolute Gasteiger partial charge is 0.306 e. The molecule has 0 saturated heterocycles. The van der Waals surface area contributed by atoms with E-state index in [1.807, 2.05) is 0 Å². The number of hydrogen-bond acceptors (Lipinski definition) is 5. The number of unbranched alkanes of at least 4 members (excludes halogenated alkanes) is 34. The Kier molecular flexibility index (Phi) is 46.8. The van der Waals surface area contributed by atoms with E-state index in [4.69, 9.17) is 14.2 Å². The van der Waals surface area contributed by atoms with Gasteiger partial charge in [0.05, 0.1) is 6.61 Å². The summed E-state index contributed by atoms with van der Waals surface area (Å²) in [6.07, 6.45) is 53.5. The zero-order valence-electron chi connectivity index (χ0n) is 38.2. The third kappa shape index (κ3) is 45.3. The van der Waals surface area contributed by atoms with Crippen LogP contribution in [0.25, 0.3) is 0 Å². The molecule has 0 spiro atoms. The predicted octanol–water partition coefficient (Wildman–Crippen LogP) is 16.7. The molecular weight excluding hydrogens is 693 g/mol. The van der Waals surface area contributed by atoms with Crippen LogP contribution in [0.2, 0.25) is 0 Å². The Balaban J connectivity index is 4.20. The van der Waals surface area contributed by atoms with Crippen molar-refractivity contribution in [3.63, 3.8) is 0 Å². The van der Waals surface area contributed by atoms with Crippen LogP contribution in [0.3, 0.4) is 0 Å². The van der Waals surface area contributed by atoms with Gasteiger partial charge < -0.3 is 14.2 Å². The predicted molar refractivity (Wildman–Crippen MR) is 242 cm³/mol. The molecule has 5 nitrogen and oxygen atoms in total. The molecule has 0 radical (unpaired) electrons. The molecule has 0 N–H and O–H groups in total. The Morgan fingerprint density at radius 1 is 0.375 bits per heavy atom. The van der Waals surface area contributed by atoms with Gasteiger partial charge in [-0.2, -0.15) is 0 Å². The zero-order valence-corrected chi connectivity index (χ0v) is 38.2. The lowest BCUT2D eigenvalue weighted by Crippen LogP contribution is -2.30. The van der Waals surface area contributed by atoms with Gasteiger partial charge in [-0.15, -0.1) is 0 Å². The van der Waals surface area contributed by atoms with E-state index in [0.29, 0.717) is 26.1 Å². The maximum absolute atomic E-state index is 12.7. The fourth-order valence-corrected chi connectivity index (χ4v) is 7.51. The van der Waals surface area contributed by atoms with Crippen LogP contribution in [0, 0.1) is 0 Å². The van der Waals surface area contributed by atoms with Crippen molar-refractivity contribution in [2.24, 2.45) is 0 Å². The molecular formula is C51H98O5. The Morgan fingerprint density at radius 3 is 1.09 bits per heavy atom. The SMILES string of the molecule is CCCCCCCC/C=C\CCCCCCCCOCC(COC(=O)CCCCCCCCCCCCCCC)OC(=O)CCCCCCCCCCCCC. The summed E-state index contributed by atoms with van der Waals surface area (Å²) in [5.74, 6) is -0.382.